The summed E-state index contributed by atoms with van der Waals surface area (Å²) in [5.41, 5.74) is 8.53. The fraction of sp³-hybridized carbons (Fsp3) is 0.190. The van der Waals surface area contributed by atoms with Crippen LogP contribution in [0.1, 0.15) is 12.1 Å². The Morgan fingerprint density at radius 1 is 1.09 bits per heavy atom. The van der Waals surface area contributed by atoms with Crippen LogP contribution in [-0.4, -0.2) is 55.5 Å². The van der Waals surface area contributed by atoms with Gasteiger partial charge in [0.25, 0.3) is 15.9 Å². The van der Waals surface area contributed by atoms with Gasteiger partial charge in [0.05, 0.1) is 18.2 Å². The van der Waals surface area contributed by atoms with Gasteiger partial charge in [0.1, 0.15) is 0 Å². The van der Waals surface area contributed by atoms with Crippen molar-refractivity contribution in [2.24, 2.45) is 7.05 Å². The molecule has 168 valence electrons. The van der Waals surface area contributed by atoms with E-state index in [2.05, 4.69) is 25.1 Å². The highest BCUT2D eigenvalue weighted by Crippen LogP contribution is 2.29. The van der Waals surface area contributed by atoms with Crippen molar-refractivity contribution in [3.05, 3.63) is 60.8 Å². The summed E-state index contributed by atoms with van der Waals surface area (Å²) in [4.78, 5) is 12.8. The van der Waals surface area contributed by atoms with Crippen molar-refractivity contribution >= 4 is 21.4 Å². The predicted octanol–water partition coefficient (Wildman–Crippen LogP) is 1.99. The molecule has 0 saturated heterocycles. The summed E-state index contributed by atoms with van der Waals surface area (Å²) in [6.45, 7) is 0.499. The van der Waals surface area contributed by atoms with E-state index in [-0.39, 0.29) is 29.0 Å². The van der Waals surface area contributed by atoms with Crippen molar-refractivity contribution < 1.29 is 12.8 Å². The zero-order chi connectivity index (χ0) is 23.0. The minimum Gasteiger partial charge on any atom is -0.414 e. The largest absolute Gasteiger partial charge is 0.414 e. The number of hydrogen-bond donors (Lipinski definition) is 1. The number of anilines is 1. The number of aryl methyl sites for hydroxylation is 1. The molecular weight excluding hydrogens is 444 g/mol. The molecule has 4 heterocycles. The molecule has 0 saturated carbocycles. The van der Waals surface area contributed by atoms with Gasteiger partial charge in [0.2, 0.25) is 5.89 Å². The van der Waals surface area contributed by atoms with E-state index in [1.165, 1.54) is 16.8 Å². The second kappa shape index (κ2) is 8.22. The molecule has 0 fully saturated rings. The second-order valence-electron chi connectivity index (χ2n) is 7.49. The van der Waals surface area contributed by atoms with E-state index in [9.17, 15) is 8.42 Å². The van der Waals surface area contributed by atoms with Crippen LogP contribution in [0.2, 0.25) is 0 Å². The van der Waals surface area contributed by atoms with E-state index in [0.29, 0.717) is 24.6 Å². The molecule has 5 rings (SSSR count). The number of hydrogen-bond acceptors (Lipinski definition) is 9. The molecular formula is C21H20N8O3S. The van der Waals surface area contributed by atoms with E-state index in [1.54, 1.807) is 17.8 Å². The van der Waals surface area contributed by atoms with Crippen molar-refractivity contribution in [3.8, 4) is 23.0 Å². The summed E-state index contributed by atoms with van der Waals surface area (Å²) < 4.78 is 34.3. The molecule has 3 aromatic heterocycles. The standard InChI is InChI=1S/C21H20N8O3S/c1-28-12-17(24-13-28)33(30,31)29-9-7-14(8-10-29)16-11-23-19(22)18(25-16)21-27-26-20(32-21)15-5-3-2-4-6-15/h2-7,11-13H,8-10H2,1H3,(H2,22,23). The first-order valence-corrected chi connectivity index (χ1v) is 11.5. The highest BCUT2D eigenvalue weighted by molar-refractivity contribution is 7.89. The SMILES string of the molecule is Cn1cnc(S(=O)(=O)N2CC=C(c3cnc(N)c(-c4nnc(-c5ccccc5)o4)n3)CC2)c1. The highest BCUT2D eigenvalue weighted by atomic mass is 32.2. The summed E-state index contributed by atoms with van der Waals surface area (Å²) in [5.74, 6) is 0.679. The molecule has 0 unspecified atom stereocenters. The van der Waals surface area contributed by atoms with Crippen LogP contribution in [-0.2, 0) is 17.1 Å². The lowest BCUT2D eigenvalue weighted by atomic mass is 10.1. The van der Waals surface area contributed by atoms with Crippen molar-refractivity contribution in [1.82, 2.24) is 34.0 Å². The Hall–Kier alpha value is -3.90. The highest BCUT2D eigenvalue weighted by Gasteiger charge is 2.29. The number of aromatic nitrogens is 6. The lowest BCUT2D eigenvalue weighted by molar-refractivity contribution is 0.439. The van der Waals surface area contributed by atoms with Crippen LogP contribution in [0.25, 0.3) is 28.6 Å². The summed E-state index contributed by atoms with van der Waals surface area (Å²) in [6.07, 6.45) is 6.78. The Morgan fingerprint density at radius 2 is 1.88 bits per heavy atom. The third-order valence-corrected chi connectivity index (χ3v) is 6.99. The molecule has 1 aliphatic heterocycles. The number of nitrogens with two attached hydrogens (primary N) is 1. The third kappa shape index (κ3) is 4.01. The average molecular weight is 465 g/mol. The maximum absolute atomic E-state index is 12.8. The van der Waals surface area contributed by atoms with Crippen LogP contribution in [0, 0.1) is 0 Å². The zero-order valence-electron chi connectivity index (χ0n) is 17.7. The van der Waals surface area contributed by atoms with Crippen LogP contribution in [0.3, 0.4) is 0 Å². The predicted molar refractivity (Wildman–Crippen MR) is 120 cm³/mol. The molecule has 33 heavy (non-hydrogen) atoms. The summed E-state index contributed by atoms with van der Waals surface area (Å²) >= 11 is 0. The number of rotatable bonds is 5. The van der Waals surface area contributed by atoms with Gasteiger partial charge >= 0.3 is 0 Å². The summed E-state index contributed by atoms with van der Waals surface area (Å²) in [7, 11) is -1.93. The number of nitrogens with zero attached hydrogens (tertiary/aromatic N) is 7. The van der Waals surface area contributed by atoms with Crippen LogP contribution in [0.5, 0.6) is 0 Å². The topological polar surface area (TPSA) is 146 Å². The first kappa shape index (κ1) is 21.0. The van der Waals surface area contributed by atoms with Gasteiger partial charge in [-0.1, -0.05) is 24.3 Å². The van der Waals surface area contributed by atoms with Gasteiger partial charge in [-0.2, -0.15) is 4.31 Å². The van der Waals surface area contributed by atoms with Crippen LogP contribution >= 0.6 is 0 Å². The summed E-state index contributed by atoms with van der Waals surface area (Å²) in [6, 6.07) is 9.37. The molecule has 0 radical (unpaired) electrons. The van der Waals surface area contributed by atoms with Crippen LogP contribution in [0.15, 0.2) is 64.6 Å². The maximum atomic E-state index is 12.8. The minimum absolute atomic E-state index is 0.0297. The van der Waals surface area contributed by atoms with E-state index in [1.807, 2.05) is 36.4 Å². The van der Waals surface area contributed by atoms with Crippen molar-refractivity contribution in [3.63, 3.8) is 0 Å². The Morgan fingerprint density at radius 3 is 2.58 bits per heavy atom. The fourth-order valence-electron chi connectivity index (χ4n) is 3.48. The summed E-state index contributed by atoms with van der Waals surface area (Å²) in [5, 5.41) is 8.18. The molecule has 0 atom stereocenters. The molecule has 1 aliphatic rings. The second-order valence-corrected chi connectivity index (χ2v) is 9.37. The third-order valence-electron chi connectivity index (χ3n) is 5.24. The number of benzene rings is 1. The van der Waals surface area contributed by atoms with Crippen molar-refractivity contribution in [2.45, 2.75) is 11.4 Å². The smallest absolute Gasteiger partial charge is 0.270 e. The molecule has 4 aromatic rings. The van der Waals surface area contributed by atoms with Gasteiger partial charge in [-0.05, 0) is 24.1 Å². The van der Waals surface area contributed by atoms with Gasteiger partial charge in [-0.15, -0.1) is 10.2 Å². The first-order chi connectivity index (χ1) is 15.9. The Labute approximate surface area is 189 Å². The van der Waals surface area contributed by atoms with Crippen molar-refractivity contribution in [1.29, 1.82) is 0 Å². The van der Waals surface area contributed by atoms with E-state index >= 15 is 0 Å². The lowest BCUT2D eigenvalue weighted by Gasteiger charge is -2.24. The molecule has 0 amide bonds. The Balaban J connectivity index is 1.39. The maximum Gasteiger partial charge on any atom is 0.270 e. The van der Waals surface area contributed by atoms with Gasteiger partial charge in [0, 0.05) is 31.9 Å². The van der Waals surface area contributed by atoms with E-state index < -0.39 is 10.0 Å². The molecule has 0 aliphatic carbocycles. The van der Waals surface area contributed by atoms with Crippen LogP contribution in [0.4, 0.5) is 5.82 Å². The molecule has 2 N–H and O–H groups in total. The van der Waals surface area contributed by atoms with Gasteiger partial charge in [0.15, 0.2) is 16.5 Å². The minimum atomic E-state index is -3.66. The number of sulfonamides is 1. The number of nitrogen functional groups attached to an aromatic ring is 1. The monoisotopic (exact) mass is 464 g/mol. The van der Waals surface area contributed by atoms with Crippen LogP contribution < -0.4 is 5.73 Å². The van der Waals surface area contributed by atoms with Crippen molar-refractivity contribution in [2.75, 3.05) is 18.8 Å². The Kier molecular flexibility index (Phi) is 5.23. The first-order valence-electron chi connectivity index (χ1n) is 10.1. The normalized spacial score (nSPS) is 14.9. The van der Waals surface area contributed by atoms with Gasteiger partial charge in [-0.3, -0.25) is 0 Å². The molecule has 0 bridgehead atoms. The van der Waals surface area contributed by atoms with E-state index in [4.69, 9.17) is 10.2 Å². The fourth-order valence-corrected chi connectivity index (χ4v) is 4.83. The Bertz CT molecular complexity index is 1440. The molecule has 11 nitrogen and oxygen atoms in total. The van der Waals surface area contributed by atoms with Gasteiger partial charge < -0.3 is 14.7 Å². The average Bonchev–Trinajstić information content (AvgIpc) is 3.50. The zero-order valence-corrected chi connectivity index (χ0v) is 18.5. The molecule has 1 aromatic carbocycles. The quantitative estimate of drug-likeness (QED) is 0.468. The van der Waals surface area contributed by atoms with E-state index in [0.717, 1.165) is 11.1 Å². The number of imidazole rings is 1. The van der Waals surface area contributed by atoms with Gasteiger partial charge in [-0.25, -0.2) is 23.4 Å². The molecule has 12 heteroatoms. The lowest BCUT2D eigenvalue weighted by Crippen LogP contribution is -2.35. The molecule has 0 spiro atoms.